The Balaban J connectivity index is 1.97. The van der Waals surface area contributed by atoms with E-state index in [4.69, 9.17) is 4.74 Å². The van der Waals surface area contributed by atoms with Crippen molar-refractivity contribution in [1.29, 1.82) is 0 Å². The summed E-state index contributed by atoms with van der Waals surface area (Å²) in [5.74, 6) is 0. The minimum atomic E-state index is 0.136. The molecule has 0 radical (unpaired) electrons. The summed E-state index contributed by atoms with van der Waals surface area (Å²) >= 11 is 1.32. The van der Waals surface area contributed by atoms with E-state index in [1.807, 2.05) is 18.2 Å². The molecule has 4 heteroatoms. The Kier molecular flexibility index (Phi) is 3.41. The van der Waals surface area contributed by atoms with Gasteiger partial charge in [-0.1, -0.05) is 29.5 Å². The fourth-order valence-corrected chi connectivity index (χ4v) is 3.18. The maximum absolute atomic E-state index is 11.7. The van der Waals surface area contributed by atoms with E-state index in [2.05, 4.69) is 11.0 Å². The van der Waals surface area contributed by atoms with Gasteiger partial charge in [-0.2, -0.15) is 0 Å². The fraction of sp³-hybridized carbons (Fsp3) is 0.357. The van der Waals surface area contributed by atoms with Crippen LogP contribution < -0.4 is 4.74 Å². The monoisotopic (exact) mass is 261 g/mol. The Labute approximate surface area is 110 Å². The Morgan fingerprint density at radius 2 is 2.00 bits per heavy atom. The van der Waals surface area contributed by atoms with E-state index in [0.29, 0.717) is 0 Å². The lowest BCUT2D eigenvalue weighted by Gasteiger charge is -2.26. The van der Waals surface area contributed by atoms with Gasteiger partial charge in [0.15, 0.2) is 0 Å². The molecule has 1 aliphatic heterocycles. The van der Waals surface area contributed by atoms with Crippen molar-refractivity contribution in [2.75, 3.05) is 26.3 Å². The van der Waals surface area contributed by atoms with Crippen molar-refractivity contribution in [2.45, 2.75) is 6.54 Å². The number of hydrogen-bond acceptors (Lipinski definition) is 4. The summed E-state index contributed by atoms with van der Waals surface area (Å²) < 4.78 is 6.56. The highest BCUT2D eigenvalue weighted by Gasteiger charge is 2.12. The van der Waals surface area contributed by atoms with Crippen molar-refractivity contribution < 1.29 is 4.74 Å². The van der Waals surface area contributed by atoms with Gasteiger partial charge < -0.3 is 4.74 Å². The number of rotatable bonds is 2. The lowest BCUT2D eigenvalue weighted by atomic mass is 10.1. The van der Waals surface area contributed by atoms with Crippen molar-refractivity contribution in [1.82, 2.24) is 4.90 Å². The predicted molar refractivity (Wildman–Crippen MR) is 74.2 cm³/mol. The molecule has 0 aliphatic carbocycles. The van der Waals surface area contributed by atoms with Gasteiger partial charge in [0.2, 0.25) is 4.74 Å². The lowest BCUT2D eigenvalue weighted by molar-refractivity contribution is 0.0343. The molecule has 0 amide bonds. The number of benzene rings is 1. The van der Waals surface area contributed by atoms with Crippen LogP contribution in [0.15, 0.2) is 35.1 Å². The predicted octanol–water partition coefficient (Wildman–Crippen LogP) is 2.09. The Bertz CT molecular complexity index is 602. The molecule has 0 saturated carbocycles. The van der Waals surface area contributed by atoms with Crippen LogP contribution >= 0.6 is 11.3 Å². The van der Waals surface area contributed by atoms with Crippen LogP contribution in [0, 0.1) is 0 Å². The summed E-state index contributed by atoms with van der Waals surface area (Å²) in [4.78, 5) is 14.1. The standard InChI is InChI=1S/C14H15NO2S/c16-14-9-11(10-15-5-7-17-8-6-15)12-3-1-2-4-13(12)18-14/h1-4,9H,5-8,10H2. The zero-order valence-electron chi connectivity index (χ0n) is 10.1. The van der Waals surface area contributed by atoms with Crippen LogP contribution in [0.3, 0.4) is 0 Å². The zero-order chi connectivity index (χ0) is 12.4. The third-order valence-corrected chi connectivity index (χ3v) is 4.13. The molecule has 18 heavy (non-hydrogen) atoms. The second-order valence-electron chi connectivity index (χ2n) is 4.48. The van der Waals surface area contributed by atoms with Crippen LogP contribution in [-0.4, -0.2) is 31.2 Å². The summed E-state index contributed by atoms with van der Waals surface area (Å²) in [6, 6.07) is 9.91. The topological polar surface area (TPSA) is 29.5 Å². The minimum absolute atomic E-state index is 0.136. The highest BCUT2D eigenvalue weighted by molar-refractivity contribution is 7.16. The molecule has 94 valence electrons. The molecule has 2 aromatic rings. The van der Waals surface area contributed by atoms with E-state index >= 15 is 0 Å². The number of fused-ring (bicyclic) bond motifs is 1. The van der Waals surface area contributed by atoms with Crippen molar-refractivity contribution in [3.63, 3.8) is 0 Å². The smallest absolute Gasteiger partial charge is 0.233 e. The van der Waals surface area contributed by atoms with E-state index in [0.717, 1.165) is 43.1 Å². The molecule has 0 spiro atoms. The number of ether oxygens (including phenoxy) is 1. The van der Waals surface area contributed by atoms with Gasteiger partial charge in [0.1, 0.15) is 0 Å². The Morgan fingerprint density at radius 1 is 1.22 bits per heavy atom. The first-order valence-electron chi connectivity index (χ1n) is 6.15. The largest absolute Gasteiger partial charge is 0.379 e. The SMILES string of the molecule is O=c1cc(CN2CCOCC2)c2ccccc2s1. The molecule has 1 aliphatic rings. The van der Waals surface area contributed by atoms with Gasteiger partial charge in [-0.25, -0.2) is 0 Å². The third kappa shape index (κ3) is 2.46. The van der Waals surface area contributed by atoms with Crippen LogP contribution in [0.25, 0.3) is 10.1 Å². The van der Waals surface area contributed by atoms with Gasteiger partial charge in [0.05, 0.1) is 13.2 Å². The molecular formula is C14H15NO2S. The molecule has 1 aromatic carbocycles. The van der Waals surface area contributed by atoms with Gasteiger partial charge in [-0.05, 0) is 17.0 Å². The maximum Gasteiger partial charge on any atom is 0.233 e. The van der Waals surface area contributed by atoms with Crippen molar-refractivity contribution >= 4 is 21.4 Å². The van der Waals surface area contributed by atoms with E-state index in [1.165, 1.54) is 16.7 Å². The second-order valence-corrected chi connectivity index (χ2v) is 5.52. The number of morpholine rings is 1. The second kappa shape index (κ2) is 5.18. The number of nitrogens with zero attached hydrogens (tertiary/aromatic N) is 1. The van der Waals surface area contributed by atoms with Gasteiger partial charge in [0.25, 0.3) is 0 Å². The van der Waals surface area contributed by atoms with Gasteiger partial charge >= 0.3 is 0 Å². The van der Waals surface area contributed by atoms with Crippen LogP contribution in [-0.2, 0) is 11.3 Å². The summed E-state index contributed by atoms with van der Waals surface area (Å²) in [5.41, 5.74) is 1.14. The summed E-state index contributed by atoms with van der Waals surface area (Å²) in [6.07, 6.45) is 0. The first-order chi connectivity index (χ1) is 8.83. The van der Waals surface area contributed by atoms with E-state index in [-0.39, 0.29) is 4.74 Å². The quantitative estimate of drug-likeness (QED) is 0.829. The van der Waals surface area contributed by atoms with Gasteiger partial charge in [-0.3, -0.25) is 9.69 Å². The molecule has 1 fully saturated rings. The molecule has 1 aromatic heterocycles. The summed E-state index contributed by atoms with van der Waals surface area (Å²) in [5, 5.41) is 1.20. The Hall–Kier alpha value is -1.23. The number of hydrogen-bond donors (Lipinski definition) is 0. The highest BCUT2D eigenvalue weighted by atomic mass is 32.1. The molecule has 1 saturated heterocycles. The average Bonchev–Trinajstić information content (AvgIpc) is 2.40. The van der Waals surface area contributed by atoms with E-state index in [9.17, 15) is 4.79 Å². The van der Waals surface area contributed by atoms with Crippen molar-refractivity contribution in [3.05, 3.63) is 45.4 Å². The van der Waals surface area contributed by atoms with E-state index in [1.54, 1.807) is 6.07 Å². The van der Waals surface area contributed by atoms with Crippen molar-refractivity contribution in [3.8, 4) is 0 Å². The molecule has 0 unspecified atom stereocenters. The average molecular weight is 261 g/mol. The third-order valence-electron chi connectivity index (χ3n) is 3.23. The maximum atomic E-state index is 11.7. The summed E-state index contributed by atoms with van der Waals surface area (Å²) in [7, 11) is 0. The fourth-order valence-electron chi connectivity index (χ4n) is 2.31. The lowest BCUT2D eigenvalue weighted by Crippen LogP contribution is -2.35. The van der Waals surface area contributed by atoms with Crippen LogP contribution in [0.4, 0.5) is 0 Å². The first-order valence-corrected chi connectivity index (χ1v) is 6.96. The molecule has 0 bridgehead atoms. The van der Waals surface area contributed by atoms with E-state index < -0.39 is 0 Å². The van der Waals surface area contributed by atoms with Crippen molar-refractivity contribution in [2.24, 2.45) is 0 Å². The van der Waals surface area contributed by atoms with Crippen LogP contribution in [0.2, 0.25) is 0 Å². The molecule has 0 N–H and O–H groups in total. The summed E-state index contributed by atoms with van der Waals surface area (Å²) in [6.45, 7) is 4.31. The van der Waals surface area contributed by atoms with Gasteiger partial charge in [-0.15, -0.1) is 0 Å². The van der Waals surface area contributed by atoms with Crippen LogP contribution in [0.1, 0.15) is 5.56 Å². The zero-order valence-corrected chi connectivity index (χ0v) is 10.9. The Morgan fingerprint density at radius 3 is 2.83 bits per heavy atom. The van der Waals surface area contributed by atoms with Crippen LogP contribution in [0.5, 0.6) is 0 Å². The molecular weight excluding hydrogens is 246 g/mol. The minimum Gasteiger partial charge on any atom is -0.379 e. The highest BCUT2D eigenvalue weighted by Crippen LogP contribution is 2.21. The molecule has 3 rings (SSSR count). The van der Waals surface area contributed by atoms with Gasteiger partial charge in [0, 0.05) is 30.4 Å². The molecule has 3 nitrogen and oxygen atoms in total. The first kappa shape index (κ1) is 11.8. The molecule has 2 heterocycles. The molecule has 0 atom stereocenters. The normalized spacial score (nSPS) is 17.1.